The van der Waals surface area contributed by atoms with Crippen molar-refractivity contribution in [3.63, 3.8) is 0 Å². The Morgan fingerprint density at radius 3 is 2.42 bits per heavy atom. The Balaban J connectivity index is 1.46. The van der Waals surface area contributed by atoms with Gasteiger partial charge in [0.1, 0.15) is 10.0 Å². The maximum Gasteiger partial charge on any atom is 0.246 e. The number of likely N-dealkylation sites (tertiary alicyclic amines) is 1. The average Bonchev–Trinajstić information content (AvgIpc) is 3.05. The molecule has 0 radical (unpaired) electrons. The van der Waals surface area contributed by atoms with Gasteiger partial charge < -0.3 is 4.90 Å². The van der Waals surface area contributed by atoms with E-state index in [4.69, 9.17) is 11.6 Å². The van der Waals surface area contributed by atoms with Crippen molar-refractivity contribution in [1.82, 2.24) is 19.2 Å². The van der Waals surface area contributed by atoms with Crippen molar-refractivity contribution in [2.45, 2.75) is 49.5 Å². The number of carbonyl (C=O) groups excluding carboxylic acids is 1. The van der Waals surface area contributed by atoms with Crippen LogP contribution in [-0.2, 0) is 14.8 Å². The van der Waals surface area contributed by atoms with Crippen molar-refractivity contribution in [2.75, 3.05) is 19.6 Å². The van der Waals surface area contributed by atoms with E-state index in [1.54, 1.807) is 18.5 Å². The van der Waals surface area contributed by atoms with Gasteiger partial charge in [-0.05, 0) is 55.5 Å². The van der Waals surface area contributed by atoms with E-state index in [0.717, 1.165) is 37.8 Å². The molecule has 1 atom stereocenters. The van der Waals surface area contributed by atoms with E-state index in [9.17, 15) is 13.2 Å². The fourth-order valence-electron chi connectivity index (χ4n) is 4.58. The Bertz CT molecular complexity index is 1010. The molecule has 2 aliphatic heterocycles. The van der Waals surface area contributed by atoms with Crippen molar-refractivity contribution >= 4 is 27.5 Å². The van der Waals surface area contributed by atoms with Gasteiger partial charge in [-0.2, -0.15) is 4.31 Å². The Morgan fingerprint density at radius 2 is 1.71 bits per heavy atom. The number of hydrogen-bond acceptors (Lipinski definition) is 5. The lowest BCUT2D eigenvalue weighted by Crippen LogP contribution is -2.45. The van der Waals surface area contributed by atoms with Gasteiger partial charge in [-0.3, -0.25) is 9.78 Å². The molecule has 0 N–H and O–H groups in total. The topological polar surface area (TPSA) is 83.5 Å². The first kappa shape index (κ1) is 22.2. The Kier molecular flexibility index (Phi) is 6.89. The SMILES string of the molecule is O=C(C1CCN(S(=O)(=O)c2cccnc2Cl)CC1)N1CCCCCC1c1ccncc1. The number of rotatable bonds is 4. The molecule has 7 nitrogen and oxygen atoms in total. The van der Waals surface area contributed by atoms with Gasteiger partial charge in [0.25, 0.3) is 0 Å². The monoisotopic (exact) mass is 462 g/mol. The molecule has 166 valence electrons. The van der Waals surface area contributed by atoms with Crippen LogP contribution < -0.4 is 0 Å². The number of aromatic nitrogens is 2. The van der Waals surface area contributed by atoms with Gasteiger partial charge in [0.15, 0.2) is 0 Å². The lowest BCUT2D eigenvalue weighted by atomic mass is 9.94. The van der Waals surface area contributed by atoms with Gasteiger partial charge in [-0.25, -0.2) is 13.4 Å². The van der Waals surface area contributed by atoms with Crippen molar-refractivity contribution in [3.8, 4) is 0 Å². The van der Waals surface area contributed by atoms with Crippen LogP contribution in [0.2, 0.25) is 5.15 Å². The number of carbonyl (C=O) groups is 1. The second kappa shape index (κ2) is 9.63. The lowest BCUT2D eigenvalue weighted by Gasteiger charge is -2.36. The van der Waals surface area contributed by atoms with Crippen LogP contribution in [-0.4, -0.2) is 53.1 Å². The van der Waals surface area contributed by atoms with E-state index < -0.39 is 10.0 Å². The number of pyridine rings is 2. The average molecular weight is 463 g/mol. The third kappa shape index (κ3) is 4.76. The number of amides is 1. The van der Waals surface area contributed by atoms with Crippen LogP contribution in [0.3, 0.4) is 0 Å². The maximum absolute atomic E-state index is 13.5. The van der Waals surface area contributed by atoms with Gasteiger partial charge in [0.2, 0.25) is 15.9 Å². The van der Waals surface area contributed by atoms with E-state index in [-0.39, 0.29) is 27.9 Å². The number of piperidine rings is 1. The Labute approximate surface area is 188 Å². The second-order valence-electron chi connectivity index (χ2n) is 8.15. The summed E-state index contributed by atoms with van der Waals surface area (Å²) in [4.78, 5) is 23.5. The predicted octanol–water partition coefficient (Wildman–Crippen LogP) is 3.67. The standard InChI is InChI=1S/C22H27ClN4O3S/c23-21-20(6-4-11-25-21)31(29,30)26-15-9-18(10-16-26)22(28)27-14-3-1-2-5-19(27)17-7-12-24-13-8-17/h4,6-8,11-13,18-19H,1-3,5,9-10,14-16H2. The first-order valence-electron chi connectivity index (χ1n) is 10.8. The molecular formula is C22H27ClN4O3S. The molecule has 2 aromatic rings. The molecule has 2 aromatic heterocycles. The molecule has 2 fully saturated rings. The van der Waals surface area contributed by atoms with Crippen molar-refractivity contribution < 1.29 is 13.2 Å². The first-order chi connectivity index (χ1) is 15.0. The van der Waals surface area contributed by atoms with Crippen molar-refractivity contribution in [3.05, 3.63) is 53.6 Å². The first-order valence-corrected chi connectivity index (χ1v) is 12.6. The molecule has 0 aromatic carbocycles. The number of halogens is 1. The molecule has 2 aliphatic rings. The molecule has 9 heteroatoms. The summed E-state index contributed by atoms with van der Waals surface area (Å²) in [6.07, 6.45) is 10.2. The quantitative estimate of drug-likeness (QED) is 0.647. The molecule has 0 saturated carbocycles. The van der Waals surface area contributed by atoms with Crippen molar-refractivity contribution in [1.29, 1.82) is 0 Å². The number of nitrogens with zero attached hydrogens (tertiary/aromatic N) is 4. The largest absolute Gasteiger partial charge is 0.335 e. The van der Waals surface area contributed by atoms with Crippen LogP contribution in [0, 0.1) is 5.92 Å². The zero-order valence-electron chi connectivity index (χ0n) is 17.4. The van der Waals surface area contributed by atoms with Gasteiger partial charge in [0.05, 0.1) is 6.04 Å². The van der Waals surface area contributed by atoms with Gasteiger partial charge in [-0.1, -0.05) is 24.4 Å². The number of hydrogen-bond donors (Lipinski definition) is 0. The molecule has 31 heavy (non-hydrogen) atoms. The molecule has 0 bridgehead atoms. The minimum atomic E-state index is -3.72. The van der Waals surface area contributed by atoms with Crippen molar-refractivity contribution in [2.24, 2.45) is 5.92 Å². The molecule has 1 unspecified atom stereocenters. The summed E-state index contributed by atoms with van der Waals surface area (Å²) in [5.41, 5.74) is 1.12. The van der Waals surface area contributed by atoms with E-state index in [1.165, 1.54) is 16.6 Å². The summed E-state index contributed by atoms with van der Waals surface area (Å²) in [6.45, 7) is 1.35. The lowest BCUT2D eigenvalue weighted by molar-refractivity contribution is -0.139. The predicted molar refractivity (Wildman–Crippen MR) is 118 cm³/mol. The summed E-state index contributed by atoms with van der Waals surface area (Å²) < 4.78 is 27.4. The summed E-state index contributed by atoms with van der Waals surface area (Å²) in [6, 6.07) is 7.08. The highest BCUT2D eigenvalue weighted by Gasteiger charge is 2.37. The third-order valence-electron chi connectivity index (χ3n) is 6.27. The number of sulfonamides is 1. The molecule has 4 heterocycles. The van der Waals surface area contributed by atoms with Gasteiger partial charge in [0, 0.05) is 44.1 Å². The van der Waals surface area contributed by atoms with Gasteiger partial charge in [-0.15, -0.1) is 0 Å². The molecule has 4 rings (SSSR count). The van der Waals surface area contributed by atoms with E-state index in [2.05, 4.69) is 9.97 Å². The Hall–Kier alpha value is -2.03. The molecule has 0 spiro atoms. The molecule has 1 amide bonds. The summed E-state index contributed by atoms with van der Waals surface area (Å²) in [5, 5.41) is -0.0227. The van der Waals surface area contributed by atoms with Crippen LogP contribution in [0.5, 0.6) is 0 Å². The summed E-state index contributed by atoms with van der Waals surface area (Å²) in [7, 11) is -3.72. The van der Waals surface area contributed by atoms with Crippen LogP contribution in [0.4, 0.5) is 0 Å². The second-order valence-corrected chi connectivity index (χ2v) is 10.4. The molecule has 0 aliphatic carbocycles. The highest BCUT2D eigenvalue weighted by molar-refractivity contribution is 7.89. The van der Waals surface area contributed by atoms with Crippen LogP contribution in [0.15, 0.2) is 47.8 Å². The summed E-state index contributed by atoms with van der Waals surface area (Å²) in [5.74, 6) is -0.0292. The minimum absolute atomic E-state index is 0.0201. The fraction of sp³-hybridized carbons (Fsp3) is 0.500. The maximum atomic E-state index is 13.5. The zero-order chi connectivity index (χ0) is 21.8. The third-order valence-corrected chi connectivity index (χ3v) is 8.62. The summed E-state index contributed by atoms with van der Waals surface area (Å²) >= 11 is 6.02. The van der Waals surface area contributed by atoms with Crippen LogP contribution in [0.1, 0.15) is 50.1 Å². The van der Waals surface area contributed by atoms with Crippen LogP contribution >= 0.6 is 11.6 Å². The van der Waals surface area contributed by atoms with Gasteiger partial charge >= 0.3 is 0 Å². The van der Waals surface area contributed by atoms with E-state index in [1.807, 2.05) is 17.0 Å². The van der Waals surface area contributed by atoms with E-state index in [0.29, 0.717) is 25.9 Å². The van der Waals surface area contributed by atoms with E-state index >= 15 is 0 Å². The fourth-order valence-corrected chi connectivity index (χ4v) is 6.48. The molecule has 2 saturated heterocycles. The van der Waals surface area contributed by atoms with Crippen LogP contribution in [0.25, 0.3) is 0 Å². The Morgan fingerprint density at radius 1 is 0.968 bits per heavy atom. The highest BCUT2D eigenvalue weighted by Crippen LogP contribution is 2.34. The highest BCUT2D eigenvalue weighted by atomic mass is 35.5. The zero-order valence-corrected chi connectivity index (χ0v) is 18.9. The normalized spacial score (nSPS) is 21.6. The minimum Gasteiger partial charge on any atom is -0.335 e. The smallest absolute Gasteiger partial charge is 0.246 e. The molecular weight excluding hydrogens is 436 g/mol.